The minimum atomic E-state index is -4.33. The Kier molecular flexibility index (Phi) is 2.51. The third-order valence-corrected chi connectivity index (χ3v) is 2.70. The van der Waals surface area contributed by atoms with E-state index in [2.05, 4.69) is 9.97 Å². The third kappa shape index (κ3) is 2.16. The largest absolute Gasteiger partial charge is 0.442 e. The minimum absolute atomic E-state index is 0.428. The Bertz CT molecular complexity index is 717. The van der Waals surface area contributed by atoms with Crippen molar-refractivity contribution < 1.29 is 17.6 Å². The number of halogens is 3. The van der Waals surface area contributed by atoms with E-state index in [-0.39, 0.29) is 0 Å². The van der Waals surface area contributed by atoms with Gasteiger partial charge >= 0.3 is 6.18 Å². The maximum atomic E-state index is 12.5. The van der Waals surface area contributed by atoms with Crippen LogP contribution in [0.2, 0.25) is 0 Å². The van der Waals surface area contributed by atoms with Crippen molar-refractivity contribution in [1.29, 1.82) is 0 Å². The van der Waals surface area contributed by atoms with E-state index >= 15 is 0 Å². The van der Waals surface area contributed by atoms with Crippen molar-refractivity contribution in [3.63, 3.8) is 0 Å². The fourth-order valence-corrected chi connectivity index (χ4v) is 1.74. The first kappa shape index (κ1) is 11.7. The molecule has 3 aromatic rings. The van der Waals surface area contributed by atoms with Crippen molar-refractivity contribution in [2.45, 2.75) is 6.18 Å². The fourth-order valence-electron chi connectivity index (χ4n) is 1.74. The molecule has 0 saturated carbocycles. The summed E-state index contributed by atoms with van der Waals surface area (Å²) in [6.45, 7) is 0. The molecular formula is C13H7F3N2O. The summed E-state index contributed by atoms with van der Waals surface area (Å²) in [6.07, 6.45) is -3.06. The van der Waals surface area contributed by atoms with Crippen LogP contribution in [0.4, 0.5) is 13.2 Å². The van der Waals surface area contributed by atoms with Gasteiger partial charge in [-0.2, -0.15) is 18.2 Å². The van der Waals surface area contributed by atoms with Gasteiger partial charge in [0.15, 0.2) is 17.6 Å². The highest BCUT2D eigenvalue weighted by atomic mass is 19.4. The smallest absolute Gasteiger partial charge is 0.416 e. The van der Waals surface area contributed by atoms with Gasteiger partial charge in [-0.15, -0.1) is 0 Å². The summed E-state index contributed by atoms with van der Waals surface area (Å²) < 4.78 is 42.4. The lowest BCUT2D eigenvalue weighted by Gasteiger charge is -2.07. The van der Waals surface area contributed by atoms with Gasteiger partial charge in [0.05, 0.1) is 11.3 Å². The van der Waals surface area contributed by atoms with Crippen molar-refractivity contribution in [2.24, 2.45) is 0 Å². The maximum absolute atomic E-state index is 12.5. The van der Waals surface area contributed by atoms with Crippen LogP contribution in [0.1, 0.15) is 5.56 Å². The quantitative estimate of drug-likeness (QED) is 0.669. The van der Waals surface area contributed by atoms with Crippen molar-refractivity contribution in [3.8, 4) is 11.3 Å². The van der Waals surface area contributed by atoms with Gasteiger partial charge in [0.1, 0.15) is 0 Å². The molecule has 0 fully saturated rings. The molecule has 6 heteroatoms. The molecule has 0 unspecified atom stereocenters. The number of hydrogen-bond donors (Lipinski definition) is 0. The van der Waals surface area contributed by atoms with E-state index in [9.17, 15) is 13.2 Å². The molecule has 0 aliphatic rings. The van der Waals surface area contributed by atoms with Crippen LogP contribution in [0.15, 0.2) is 47.2 Å². The normalized spacial score (nSPS) is 11.9. The summed E-state index contributed by atoms with van der Waals surface area (Å²) in [5.41, 5.74) is 1.43. The lowest BCUT2D eigenvalue weighted by molar-refractivity contribution is -0.137. The Morgan fingerprint density at radius 3 is 2.37 bits per heavy atom. The fraction of sp³-hybridized carbons (Fsp3) is 0.0769. The van der Waals surface area contributed by atoms with Crippen LogP contribution in [0.5, 0.6) is 0 Å². The number of aromatic nitrogens is 2. The Hall–Kier alpha value is -2.37. The number of fused-ring (bicyclic) bond motifs is 1. The van der Waals surface area contributed by atoms with Gasteiger partial charge in [-0.3, -0.25) is 0 Å². The predicted molar refractivity (Wildman–Crippen MR) is 62.2 cm³/mol. The minimum Gasteiger partial charge on any atom is -0.442 e. The standard InChI is InChI=1S/C13H7F3N2O/c14-13(15,16)9-3-1-8(2-4-9)10-5-6-11-12(18-10)17-7-19-11/h1-7H. The van der Waals surface area contributed by atoms with Gasteiger partial charge < -0.3 is 4.42 Å². The Balaban J connectivity index is 2.01. The number of nitrogens with zero attached hydrogens (tertiary/aromatic N) is 2. The number of alkyl halides is 3. The van der Waals surface area contributed by atoms with Gasteiger partial charge in [0, 0.05) is 5.56 Å². The topological polar surface area (TPSA) is 38.9 Å². The number of hydrogen-bond acceptors (Lipinski definition) is 3. The van der Waals surface area contributed by atoms with Crippen LogP contribution in [-0.4, -0.2) is 9.97 Å². The van der Waals surface area contributed by atoms with Gasteiger partial charge in [-0.1, -0.05) is 12.1 Å². The molecule has 0 atom stereocenters. The second kappa shape index (κ2) is 4.08. The molecule has 0 saturated heterocycles. The summed E-state index contributed by atoms with van der Waals surface area (Å²) in [4.78, 5) is 8.12. The van der Waals surface area contributed by atoms with Crippen molar-refractivity contribution in [2.75, 3.05) is 0 Å². The molecule has 0 spiro atoms. The summed E-state index contributed by atoms with van der Waals surface area (Å²) in [7, 11) is 0. The highest BCUT2D eigenvalue weighted by Crippen LogP contribution is 2.30. The summed E-state index contributed by atoms with van der Waals surface area (Å²) in [6, 6.07) is 8.20. The van der Waals surface area contributed by atoms with Crippen LogP contribution in [-0.2, 0) is 6.18 Å². The van der Waals surface area contributed by atoms with E-state index in [1.54, 1.807) is 12.1 Å². The molecule has 0 bridgehead atoms. The van der Waals surface area contributed by atoms with Crippen LogP contribution in [0, 0.1) is 0 Å². The predicted octanol–water partition coefficient (Wildman–Crippen LogP) is 3.91. The highest BCUT2D eigenvalue weighted by molar-refractivity contribution is 5.72. The van der Waals surface area contributed by atoms with E-state index in [1.165, 1.54) is 18.5 Å². The van der Waals surface area contributed by atoms with Crippen molar-refractivity contribution >= 4 is 11.2 Å². The van der Waals surface area contributed by atoms with E-state index < -0.39 is 11.7 Å². The summed E-state index contributed by atoms with van der Waals surface area (Å²) >= 11 is 0. The van der Waals surface area contributed by atoms with Gasteiger partial charge in [0.2, 0.25) is 0 Å². The molecule has 0 N–H and O–H groups in total. The van der Waals surface area contributed by atoms with E-state index in [4.69, 9.17) is 4.42 Å². The molecule has 3 rings (SSSR count). The molecular weight excluding hydrogens is 257 g/mol. The Labute approximate surface area is 105 Å². The Morgan fingerprint density at radius 1 is 0.947 bits per heavy atom. The van der Waals surface area contributed by atoms with Gasteiger partial charge in [0.25, 0.3) is 0 Å². The van der Waals surface area contributed by atoms with E-state index in [0.717, 1.165) is 12.1 Å². The van der Waals surface area contributed by atoms with Crippen molar-refractivity contribution in [3.05, 3.63) is 48.4 Å². The molecule has 0 radical (unpaired) electrons. The van der Waals surface area contributed by atoms with Crippen LogP contribution >= 0.6 is 0 Å². The average Bonchev–Trinajstić information content (AvgIpc) is 2.85. The molecule has 2 heterocycles. The summed E-state index contributed by atoms with van der Waals surface area (Å²) in [5, 5.41) is 0. The zero-order valence-corrected chi connectivity index (χ0v) is 9.48. The van der Waals surface area contributed by atoms with E-state index in [1.807, 2.05) is 0 Å². The van der Waals surface area contributed by atoms with Crippen molar-refractivity contribution in [1.82, 2.24) is 9.97 Å². The number of rotatable bonds is 1. The first-order valence-electron chi connectivity index (χ1n) is 5.42. The molecule has 0 aliphatic carbocycles. The lowest BCUT2D eigenvalue weighted by atomic mass is 10.1. The molecule has 96 valence electrons. The molecule has 19 heavy (non-hydrogen) atoms. The first-order valence-corrected chi connectivity index (χ1v) is 5.42. The zero-order chi connectivity index (χ0) is 13.5. The summed E-state index contributed by atoms with van der Waals surface area (Å²) in [5.74, 6) is 0. The third-order valence-electron chi connectivity index (χ3n) is 2.70. The number of benzene rings is 1. The number of pyridine rings is 1. The zero-order valence-electron chi connectivity index (χ0n) is 9.48. The van der Waals surface area contributed by atoms with Gasteiger partial charge in [-0.25, -0.2) is 4.98 Å². The van der Waals surface area contributed by atoms with Crippen LogP contribution in [0.3, 0.4) is 0 Å². The Morgan fingerprint density at radius 2 is 1.68 bits per heavy atom. The van der Waals surface area contributed by atoms with Crippen LogP contribution in [0.25, 0.3) is 22.5 Å². The molecule has 3 nitrogen and oxygen atoms in total. The second-order valence-electron chi connectivity index (χ2n) is 3.95. The highest BCUT2D eigenvalue weighted by Gasteiger charge is 2.29. The molecule has 0 aliphatic heterocycles. The lowest BCUT2D eigenvalue weighted by Crippen LogP contribution is -2.04. The molecule has 0 amide bonds. The number of oxazole rings is 1. The molecule has 1 aromatic carbocycles. The van der Waals surface area contributed by atoms with Crippen LogP contribution < -0.4 is 0 Å². The average molecular weight is 264 g/mol. The van der Waals surface area contributed by atoms with Gasteiger partial charge in [-0.05, 0) is 24.3 Å². The SMILES string of the molecule is FC(F)(F)c1ccc(-c2ccc3ocnc3n2)cc1. The molecule has 2 aromatic heterocycles. The monoisotopic (exact) mass is 264 g/mol. The maximum Gasteiger partial charge on any atom is 0.416 e. The second-order valence-corrected chi connectivity index (χ2v) is 3.95. The first-order chi connectivity index (χ1) is 9.04. The van der Waals surface area contributed by atoms with E-state index in [0.29, 0.717) is 22.5 Å².